The molecule has 0 bridgehead atoms. The summed E-state index contributed by atoms with van der Waals surface area (Å²) >= 11 is 0. The molecule has 18 aromatic rings. The monoisotopic (exact) mass is 2570 g/mol. The van der Waals surface area contributed by atoms with E-state index in [-0.39, 0.29) is 129 Å². The van der Waals surface area contributed by atoms with Crippen molar-refractivity contribution in [2.45, 2.75) is 158 Å². The molecule has 18 rings (SSSR count). The minimum atomic E-state index is -0.375. The topological polar surface area (TPSA) is 265 Å². The summed E-state index contributed by atoms with van der Waals surface area (Å²) in [5.74, 6) is 0. The van der Waals surface area contributed by atoms with Crippen molar-refractivity contribution in [2.24, 2.45) is 0 Å². The van der Waals surface area contributed by atoms with Gasteiger partial charge in [-0.05, 0) is 187 Å². The Morgan fingerprint density at radius 3 is 0.914 bits per heavy atom. The van der Waals surface area contributed by atoms with Crippen LogP contribution < -0.4 is 0 Å². The minimum absolute atomic E-state index is 0. The maximum Gasteiger partial charge on any atom is 0.106 e. The zero-order valence-electron chi connectivity index (χ0n) is 80.6. The van der Waals surface area contributed by atoms with Gasteiger partial charge in [-0.1, -0.05) is 301 Å². The van der Waals surface area contributed by atoms with E-state index in [4.69, 9.17) is 40.9 Å². The van der Waals surface area contributed by atoms with Crippen molar-refractivity contribution < 1.29 is 121 Å². The fourth-order valence-electron chi connectivity index (χ4n) is 15.5. The third-order valence-electron chi connectivity index (χ3n) is 21.8. The van der Waals surface area contributed by atoms with Gasteiger partial charge in [-0.15, -0.1) is 124 Å². The third kappa shape index (κ3) is 36.1. The number of hydrogen-bond acceptors (Lipinski definition) is 16. The van der Waals surface area contributed by atoms with E-state index in [1.807, 2.05) is 97.1 Å². The maximum atomic E-state index is 8.56. The molecule has 140 heavy (non-hydrogen) atoms. The fourth-order valence-corrected chi connectivity index (χ4v) is 15.5. The van der Waals surface area contributed by atoms with Crippen molar-refractivity contribution >= 4 is 21.5 Å². The summed E-state index contributed by atoms with van der Waals surface area (Å²) in [5.41, 5.74) is 30.0. The summed E-state index contributed by atoms with van der Waals surface area (Å²) in [6.45, 7) is 21.7. The molecule has 0 aliphatic carbocycles. The van der Waals surface area contributed by atoms with Gasteiger partial charge in [0.1, 0.15) is 25.3 Å². The average Bonchev–Trinajstić information content (AvgIpc) is 0.797. The van der Waals surface area contributed by atoms with Crippen LogP contribution in [0.25, 0.3) is 156 Å². The molecule has 14 aromatic carbocycles. The quantitative estimate of drug-likeness (QED) is 0.0330. The summed E-state index contributed by atoms with van der Waals surface area (Å²) < 4.78 is 0. The summed E-state index contributed by atoms with van der Waals surface area (Å²) in [6.07, 6.45) is 5.42. The van der Waals surface area contributed by atoms with Gasteiger partial charge in [0, 0.05) is 97.1 Å². The smallest absolute Gasteiger partial charge is 0.106 e. The van der Waals surface area contributed by atoms with E-state index in [1.165, 1.54) is 77.4 Å². The second-order valence-electron chi connectivity index (χ2n) is 33.9. The molecule has 0 aliphatic heterocycles. The predicted octanol–water partition coefficient (Wildman–Crippen LogP) is 25.2. The molecule has 20 heteroatoms. The van der Waals surface area contributed by atoms with Gasteiger partial charge in [0.25, 0.3) is 0 Å². The molecule has 4 radical (unpaired) electrons. The van der Waals surface area contributed by atoms with Crippen molar-refractivity contribution in [1.29, 1.82) is 0 Å². The van der Waals surface area contributed by atoms with Crippen molar-refractivity contribution in [1.82, 2.24) is 39.9 Å². The molecule has 8 atom stereocenters. The van der Waals surface area contributed by atoms with Gasteiger partial charge in [0.05, 0.1) is 71.6 Å². The van der Waals surface area contributed by atoms with Crippen LogP contribution in [-0.2, 0) is 80.4 Å². The molecular formula is C120H120Ir4N8O8-4. The molecule has 4 heterocycles. The van der Waals surface area contributed by atoms with Crippen LogP contribution in [-0.4, -0.2) is 130 Å². The van der Waals surface area contributed by atoms with E-state index in [0.717, 1.165) is 101 Å². The Morgan fingerprint density at radius 1 is 0.221 bits per heavy atom. The minimum Gasteiger partial charge on any atom is -0.393 e. The maximum absolute atomic E-state index is 8.56. The van der Waals surface area contributed by atoms with Gasteiger partial charge < -0.3 is 40.9 Å². The Morgan fingerprint density at radius 2 is 0.514 bits per heavy atom. The Bertz CT molecular complexity index is 6370. The number of aryl methyl sites for hydroxylation is 4. The van der Waals surface area contributed by atoms with Crippen LogP contribution in [0.15, 0.2) is 365 Å². The van der Waals surface area contributed by atoms with E-state index >= 15 is 0 Å². The van der Waals surface area contributed by atoms with E-state index in [9.17, 15) is 0 Å². The Kier molecular flexibility index (Phi) is 49.1. The molecule has 16 nitrogen and oxygen atoms in total. The summed E-state index contributed by atoms with van der Waals surface area (Å²) in [5, 5.41) is 73.2. The van der Waals surface area contributed by atoms with Crippen LogP contribution >= 0.6 is 0 Å². The van der Waals surface area contributed by atoms with Crippen LogP contribution in [0.5, 0.6) is 0 Å². The number of aromatic nitrogens is 8. The predicted molar refractivity (Wildman–Crippen MR) is 555 cm³/mol. The van der Waals surface area contributed by atoms with E-state index < -0.39 is 0 Å². The number of benzene rings is 14. The second kappa shape index (κ2) is 59.7. The van der Waals surface area contributed by atoms with Crippen LogP contribution in [0, 0.1) is 52.0 Å². The first-order valence-corrected chi connectivity index (χ1v) is 45.8. The fraction of sp³-hybridized carbons (Fsp3) is 0.200. The number of aliphatic hydroxyl groups is 8. The SMILES string of the molecule is CC(O)CC(C)O.CC(O)CC(C)O.CC(O)CC(C)O.CC(O)CC(C)O.Cc1cccc(C)c1-c1cc(-c2[c-]cc(-c3ccccc3)cc2)ncn1.Cc1cccc(C)c1-c1cc(-c2[c-]ccc(-c3ccccc3)c2)ncn1.[Ir].[Ir].[Ir].[Ir].[c-]1cc(-c2ccccc2)ccc1-c1cc(-c2ccc(-c3ccccc3)cc2)ncn1.[c-]1ccc2ccccc2c1-c1cc(-c2cccc3ccccc23)ncn1. The molecular weight excluding hydrogens is 2450 g/mol. The Balaban J connectivity index is 0.000000230. The van der Waals surface area contributed by atoms with Crippen molar-refractivity contribution in [2.75, 3.05) is 0 Å². The zero-order chi connectivity index (χ0) is 96.8. The molecule has 728 valence electrons. The van der Waals surface area contributed by atoms with E-state index in [2.05, 4.69) is 334 Å². The van der Waals surface area contributed by atoms with Gasteiger partial charge in [0.15, 0.2) is 0 Å². The largest absolute Gasteiger partial charge is 0.393 e. The van der Waals surface area contributed by atoms with Crippen LogP contribution in [0.3, 0.4) is 0 Å². The Labute approximate surface area is 878 Å². The van der Waals surface area contributed by atoms with Gasteiger partial charge in [-0.2, -0.15) is 0 Å². The van der Waals surface area contributed by atoms with E-state index in [1.54, 1.807) is 80.7 Å². The average molecular weight is 2570 g/mol. The Hall–Kier alpha value is -11.8. The molecule has 0 saturated heterocycles. The molecule has 0 amide bonds. The first kappa shape index (κ1) is 115. The number of aliphatic hydroxyl groups excluding tert-OH is 8. The van der Waals surface area contributed by atoms with E-state index in [0.29, 0.717) is 25.7 Å². The van der Waals surface area contributed by atoms with Crippen LogP contribution in [0.1, 0.15) is 103 Å². The number of hydrogen-bond donors (Lipinski definition) is 8. The van der Waals surface area contributed by atoms with Gasteiger partial charge in [0.2, 0.25) is 0 Å². The van der Waals surface area contributed by atoms with Gasteiger partial charge in [-0.3, -0.25) is 19.9 Å². The van der Waals surface area contributed by atoms with Crippen LogP contribution in [0.4, 0.5) is 0 Å². The van der Waals surface area contributed by atoms with Crippen molar-refractivity contribution in [3.8, 4) is 135 Å². The standard InChI is InChI=1S/C28H19N2.C24H15N2.2C24H19N2.4C5H12O2.4Ir/c1-3-7-21(8-4-1)23-11-15-25(16-12-23)27-19-28(30-20-29-27)26-17-13-24(14-18-26)22-9-5-2-6-10-22;1-3-11-19-17(7-1)9-5-13-21(19)23-15-24(26-16-25-23)22-14-6-10-18-8-2-4-12-20(18)22;1-17-8-6-9-18(2)24(17)23-15-22(25-16-26-23)21-13-7-12-20(14-21)19-10-4-3-5-11-19;1-17-7-6-8-18(2)24(17)23-15-22(25-16-26-23)21-13-11-20(12-14-21)19-9-4-3-5-10-19;4*1-4(6)3-5(2)7;;;;/h1-17,19-20H;1-13,15-16H;3-12,14-16H,1-2H3;3-13,15-16H,1-2H3;4*4-7H,3H2,1-2H3;;;;/q4*-1;;;;;;;;. The molecule has 8 N–H and O–H groups in total. The molecule has 0 spiro atoms. The number of fused-ring (bicyclic) bond motifs is 2. The number of rotatable bonds is 20. The van der Waals surface area contributed by atoms with Gasteiger partial charge in [-0.25, -0.2) is 19.9 Å². The summed E-state index contributed by atoms with van der Waals surface area (Å²) in [4.78, 5) is 36.0. The number of nitrogens with zero attached hydrogens (tertiary/aromatic N) is 8. The zero-order valence-corrected chi connectivity index (χ0v) is 90.2. The summed E-state index contributed by atoms with van der Waals surface area (Å²) in [7, 11) is 0. The first-order chi connectivity index (χ1) is 65.7. The molecule has 0 saturated carbocycles. The van der Waals surface area contributed by atoms with Crippen molar-refractivity contribution in [3.63, 3.8) is 0 Å². The molecule has 8 unspecified atom stereocenters. The second-order valence-corrected chi connectivity index (χ2v) is 33.9. The van der Waals surface area contributed by atoms with Gasteiger partial charge >= 0.3 is 0 Å². The van der Waals surface area contributed by atoms with Crippen LogP contribution in [0.2, 0.25) is 0 Å². The molecule has 0 fully saturated rings. The van der Waals surface area contributed by atoms with Crippen molar-refractivity contribution in [3.05, 3.63) is 412 Å². The molecule has 0 aliphatic rings. The molecule has 4 aromatic heterocycles. The normalized spacial score (nSPS) is 12.1. The summed E-state index contributed by atoms with van der Waals surface area (Å²) in [6, 6.07) is 130. The first-order valence-electron chi connectivity index (χ1n) is 45.8. The third-order valence-corrected chi connectivity index (χ3v) is 21.8.